The van der Waals surface area contributed by atoms with Gasteiger partial charge in [0.15, 0.2) is 6.23 Å². The SMILES string of the molecule is O=C1N[C@H](c2ccc(Cl)cc2)O[C@H]2CCC[C@@H]12. The Morgan fingerprint density at radius 3 is 2.76 bits per heavy atom. The summed E-state index contributed by atoms with van der Waals surface area (Å²) in [4.78, 5) is 11.9. The summed E-state index contributed by atoms with van der Waals surface area (Å²) in [6, 6.07) is 7.41. The van der Waals surface area contributed by atoms with Crippen molar-refractivity contribution in [2.24, 2.45) is 5.92 Å². The number of rotatable bonds is 1. The maximum atomic E-state index is 11.9. The van der Waals surface area contributed by atoms with Gasteiger partial charge in [0.25, 0.3) is 0 Å². The Kier molecular flexibility index (Phi) is 2.81. The third kappa shape index (κ3) is 2.05. The van der Waals surface area contributed by atoms with Crippen LogP contribution in [0.3, 0.4) is 0 Å². The molecule has 3 nitrogen and oxygen atoms in total. The molecule has 0 radical (unpaired) electrons. The first kappa shape index (κ1) is 11.1. The van der Waals surface area contributed by atoms with Gasteiger partial charge in [-0.15, -0.1) is 0 Å². The van der Waals surface area contributed by atoms with Crippen molar-refractivity contribution in [1.82, 2.24) is 5.32 Å². The maximum absolute atomic E-state index is 11.9. The van der Waals surface area contributed by atoms with E-state index in [2.05, 4.69) is 5.32 Å². The average molecular weight is 252 g/mol. The Hall–Kier alpha value is -1.06. The van der Waals surface area contributed by atoms with Crippen LogP contribution in [0.25, 0.3) is 0 Å². The number of amides is 1. The molecule has 1 aromatic carbocycles. The van der Waals surface area contributed by atoms with Crippen LogP contribution in [-0.4, -0.2) is 12.0 Å². The molecule has 2 aliphatic rings. The van der Waals surface area contributed by atoms with Crippen molar-refractivity contribution >= 4 is 17.5 Å². The van der Waals surface area contributed by atoms with Gasteiger partial charge in [-0.1, -0.05) is 23.7 Å². The zero-order valence-corrected chi connectivity index (χ0v) is 10.1. The second kappa shape index (κ2) is 4.31. The van der Waals surface area contributed by atoms with Crippen molar-refractivity contribution in [1.29, 1.82) is 0 Å². The van der Waals surface area contributed by atoms with Gasteiger partial charge in [0, 0.05) is 10.6 Å². The molecule has 0 bridgehead atoms. The van der Waals surface area contributed by atoms with E-state index in [1.165, 1.54) is 0 Å². The third-order valence-electron chi connectivity index (χ3n) is 3.55. The number of hydrogen-bond donors (Lipinski definition) is 1. The number of halogens is 1. The third-order valence-corrected chi connectivity index (χ3v) is 3.80. The summed E-state index contributed by atoms with van der Waals surface area (Å²) in [6.07, 6.45) is 2.78. The fourth-order valence-corrected chi connectivity index (χ4v) is 2.76. The lowest BCUT2D eigenvalue weighted by Gasteiger charge is -2.33. The number of benzene rings is 1. The molecule has 0 spiro atoms. The van der Waals surface area contributed by atoms with Crippen molar-refractivity contribution in [2.45, 2.75) is 31.6 Å². The first-order chi connectivity index (χ1) is 8.24. The van der Waals surface area contributed by atoms with Gasteiger partial charge >= 0.3 is 0 Å². The summed E-state index contributed by atoms with van der Waals surface area (Å²) in [6.45, 7) is 0. The summed E-state index contributed by atoms with van der Waals surface area (Å²) in [5, 5.41) is 3.61. The van der Waals surface area contributed by atoms with Crippen LogP contribution in [0.1, 0.15) is 31.1 Å². The number of carbonyl (C=O) groups is 1. The van der Waals surface area contributed by atoms with Crippen LogP contribution in [0, 0.1) is 5.92 Å². The highest BCUT2D eigenvalue weighted by molar-refractivity contribution is 6.30. The molecule has 17 heavy (non-hydrogen) atoms. The minimum atomic E-state index is -0.320. The Bertz CT molecular complexity index is 432. The molecule has 1 saturated carbocycles. The van der Waals surface area contributed by atoms with E-state index < -0.39 is 0 Å². The molecule has 1 amide bonds. The lowest BCUT2D eigenvalue weighted by molar-refractivity contribution is -0.150. The monoisotopic (exact) mass is 251 g/mol. The number of ether oxygens (including phenoxy) is 1. The maximum Gasteiger partial charge on any atom is 0.227 e. The van der Waals surface area contributed by atoms with Crippen molar-refractivity contribution in [3.8, 4) is 0 Å². The number of fused-ring (bicyclic) bond motifs is 1. The number of hydrogen-bond acceptors (Lipinski definition) is 2. The van der Waals surface area contributed by atoms with Gasteiger partial charge in [-0.3, -0.25) is 4.79 Å². The summed E-state index contributed by atoms with van der Waals surface area (Å²) in [5.41, 5.74) is 0.952. The highest BCUT2D eigenvalue weighted by Gasteiger charge is 2.40. The molecule has 1 heterocycles. The van der Waals surface area contributed by atoms with Gasteiger partial charge in [-0.2, -0.15) is 0 Å². The molecule has 2 fully saturated rings. The Morgan fingerprint density at radius 2 is 2.00 bits per heavy atom. The van der Waals surface area contributed by atoms with Crippen LogP contribution < -0.4 is 5.32 Å². The van der Waals surface area contributed by atoms with Gasteiger partial charge in [-0.25, -0.2) is 0 Å². The molecule has 0 aromatic heterocycles. The van der Waals surface area contributed by atoms with E-state index in [-0.39, 0.29) is 24.2 Å². The smallest absolute Gasteiger partial charge is 0.227 e. The Labute approximate surface area is 105 Å². The lowest BCUT2D eigenvalue weighted by Crippen LogP contribution is -2.46. The van der Waals surface area contributed by atoms with E-state index in [0.717, 1.165) is 24.8 Å². The highest BCUT2D eigenvalue weighted by atomic mass is 35.5. The average Bonchev–Trinajstić information content (AvgIpc) is 2.78. The van der Waals surface area contributed by atoms with E-state index >= 15 is 0 Å². The van der Waals surface area contributed by atoms with Gasteiger partial charge in [-0.05, 0) is 31.4 Å². The van der Waals surface area contributed by atoms with Crippen LogP contribution in [0.5, 0.6) is 0 Å². The lowest BCUT2D eigenvalue weighted by atomic mass is 10.0. The van der Waals surface area contributed by atoms with Gasteiger partial charge in [0.1, 0.15) is 0 Å². The van der Waals surface area contributed by atoms with E-state index in [1.54, 1.807) is 0 Å². The topological polar surface area (TPSA) is 38.3 Å². The van der Waals surface area contributed by atoms with Crippen molar-refractivity contribution < 1.29 is 9.53 Å². The molecular weight excluding hydrogens is 238 g/mol. The largest absolute Gasteiger partial charge is 0.350 e. The fraction of sp³-hybridized carbons (Fsp3) is 0.462. The summed E-state index contributed by atoms with van der Waals surface area (Å²) in [7, 11) is 0. The second-order valence-electron chi connectivity index (χ2n) is 4.65. The summed E-state index contributed by atoms with van der Waals surface area (Å²) < 4.78 is 5.93. The van der Waals surface area contributed by atoms with Gasteiger partial charge in [0.05, 0.1) is 12.0 Å². The van der Waals surface area contributed by atoms with Crippen molar-refractivity contribution in [3.63, 3.8) is 0 Å². The first-order valence-electron chi connectivity index (χ1n) is 5.95. The van der Waals surface area contributed by atoms with Crippen LogP contribution in [0.15, 0.2) is 24.3 Å². The molecule has 4 heteroatoms. The van der Waals surface area contributed by atoms with E-state index in [9.17, 15) is 4.79 Å². The molecule has 1 aromatic rings. The van der Waals surface area contributed by atoms with E-state index in [1.807, 2.05) is 24.3 Å². The predicted molar refractivity (Wildman–Crippen MR) is 64.5 cm³/mol. The summed E-state index contributed by atoms with van der Waals surface area (Å²) in [5.74, 6) is 0.178. The van der Waals surface area contributed by atoms with Crippen LogP contribution in [-0.2, 0) is 9.53 Å². The van der Waals surface area contributed by atoms with Crippen LogP contribution in [0.2, 0.25) is 5.02 Å². The molecule has 0 unspecified atom stereocenters. The molecular formula is C13H14ClNO2. The minimum Gasteiger partial charge on any atom is -0.350 e. The van der Waals surface area contributed by atoms with Crippen molar-refractivity contribution in [2.75, 3.05) is 0 Å². The Balaban J connectivity index is 1.81. The zero-order chi connectivity index (χ0) is 11.8. The zero-order valence-electron chi connectivity index (χ0n) is 9.36. The summed E-state index contributed by atoms with van der Waals surface area (Å²) >= 11 is 5.84. The fourth-order valence-electron chi connectivity index (χ4n) is 2.63. The van der Waals surface area contributed by atoms with E-state index in [4.69, 9.17) is 16.3 Å². The van der Waals surface area contributed by atoms with Gasteiger partial charge in [0.2, 0.25) is 5.91 Å². The Morgan fingerprint density at radius 1 is 1.24 bits per heavy atom. The van der Waals surface area contributed by atoms with Crippen LogP contribution in [0.4, 0.5) is 0 Å². The van der Waals surface area contributed by atoms with Gasteiger partial charge < -0.3 is 10.1 Å². The first-order valence-corrected chi connectivity index (χ1v) is 6.33. The number of nitrogens with one attached hydrogen (secondary N) is 1. The molecule has 3 atom stereocenters. The molecule has 3 rings (SSSR count). The molecule has 1 aliphatic carbocycles. The normalized spacial score (nSPS) is 32.1. The number of carbonyl (C=O) groups excluding carboxylic acids is 1. The van der Waals surface area contributed by atoms with Crippen molar-refractivity contribution in [3.05, 3.63) is 34.9 Å². The van der Waals surface area contributed by atoms with E-state index in [0.29, 0.717) is 5.02 Å². The molecule has 1 aliphatic heterocycles. The van der Waals surface area contributed by atoms with Crippen LogP contribution >= 0.6 is 11.6 Å². The second-order valence-corrected chi connectivity index (χ2v) is 5.09. The standard InChI is InChI=1S/C13H14ClNO2/c14-9-6-4-8(5-7-9)13-15-12(16)10-2-1-3-11(10)17-13/h4-7,10-11,13H,1-3H2,(H,15,16)/t10-,11+,13+/m1/s1. The molecule has 1 N–H and O–H groups in total. The molecule has 1 saturated heterocycles. The highest BCUT2D eigenvalue weighted by Crippen LogP contribution is 2.35. The predicted octanol–water partition coefficient (Wildman–Crippen LogP) is 2.65. The quantitative estimate of drug-likeness (QED) is 0.833. The minimum absolute atomic E-state index is 0.0542. The molecule has 90 valence electrons.